The van der Waals surface area contributed by atoms with Gasteiger partial charge in [0.25, 0.3) is 0 Å². The lowest BCUT2D eigenvalue weighted by Crippen LogP contribution is -2.14. The second-order valence-corrected chi connectivity index (χ2v) is 3.91. The number of halogens is 2. The fraction of sp³-hybridized carbons (Fsp3) is 0.154. The van der Waals surface area contributed by atoms with E-state index < -0.39 is 17.6 Å². The Morgan fingerprint density at radius 2 is 2.00 bits per heavy atom. The molecule has 0 spiro atoms. The maximum Gasteiger partial charge on any atom is 0.339 e. The first-order chi connectivity index (χ1) is 9.08. The first kappa shape index (κ1) is 13.2. The maximum absolute atomic E-state index is 13.0. The molecule has 19 heavy (non-hydrogen) atoms. The SMILES string of the molecule is O=C(O)c1ccoc1CNCc1ccc(F)c(F)c1. The molecular weight excluding hydrogens is 256 g/mol. The van der Waals surface area contributed by atoms with Gasteiger partial charge in [-0.1, -0.05) is 6.07 Å². The van der Waals surface area contributed by atoms with Crippen LogP contribution in [-0.2, 0) is 13.1 Å². The molecule has 0 aliphatic heterocycles. The number of carboxylic acid groups (broad SMARTS) is 1. The summed E-state index contributed by atoms with van der Waals surface area (Å²) in [6, 6.07) is 4.94. The summed E-state index contributed by atoms with van der Waals surface area (Å²) in [5.41, 5.74) is 0.639. The van der Waals surface area contributed by atoms with Crippen molar-refractivity contribution in [2.75, 3.05) is 0 Å². The van der Waals surface area contributed by atoms with Gasteiger partial charge in [0.05, 0.1) is 12.8 Å². The molecule has 0 saturated carbocycles. The number of hydrogen-bond donors (Lipinski definition) is 2. The standard InChI is InChI=1S/C13H11F2NO3/c14-10-2-1-8(5-11(10)15)6-16-7-12-9(13(17)18)3-4-19-12/h1-5,16H,6-7H2,(H,17,18). The smallest absolute Gasteiger partial charge is 0.339 e. The number of aromatic carboxylic acids is 1. The van der Waals surface area contributed by atoms with Gasteiger partial charge < -0.3 is 14.8 Å². The van der Waals surface area contributed by atoms with Crippen LogP contribution in [0.5, 0.6) is 0 Å². The summed E-state index contributed by atoms with van der Waals surface area (Å²) in [5, 5.41) is 11.8. The Bertz CT molecular complexity index is 595. The van der Waals surface area contributed by atoms with Crippen molar-refractivity contribution in [1.29, 1.82) is 0 Å². The fourth-order valence-corrected chi connectivity index (χ4v) is 1.64. The summed E-state index contributed by atoms with van der Waals surface area (Å²) >= 11 is 0. The van der Waals surface area contributed by atoms with Gasteiger partial charge in [0, 0.05) is 6.54 Å². The van der Waals surface area contributed by atoms with Crippen molar-refractivity contribution in [1.82, 2.24) is 5.32 Å². The van der Waals surface area contributed by atoms with Crippen LogP contribution in [0.3, 0.4) is 0 Å². The molecule has 6 heteroatoms. The highest BCUT2D eigenvalue weighted by molar-refractivity contribution is 5.88. The lowest BCUT2D eigenvalue weighted by molar-refractivity contribution is 0.0694. The summed E-state index contributed by atoms with van der Waals surface area (Å²) in [5.74, 6) is -2.60. The molecule has 0 unspecified atom stereocenters. The van der Waals surface area contributed by atoms with Gasteiger partial charge in [-0.15, -0.1) is 0 Å². The minimum absolute atomic E-state index is 0.0813. The van der Waals surface area contributed by atoms with Gasteiger partial charge in [0.1, 0.15) is 11.3 Å². The molecule has 0 bridgehead atoms. The second kappa shape index (κ2) is 5.62. The molecule has 2 rings (SSSR count). The van der Waals surface area contributed by atoms with Gasteiger partial charge in [0.2, 0.25) is 0 Å². The van der Waals surface area contributed by atoms with E-state index in [1.54, 1.807) is 0 Å². The average Bonchev–Trinajstić information content (AvgIpc) is 2.82. The third-order valence-electron chi connectivity index (χ3n) is 2.57. The molecule has 1 aromatic heterocycles. The molecule has 0 fully saturated rings. The first-order valence-corrected chi connectivity index (χ1v) is 5.52. The average molecular weight is 267 g/mol. The third kappa shape index (κ3) is 3.17. The van der Waals surface area contributed by atoms with E-state index in [-0.39, 0.29) is 24.4 Å². The number of hydrogen-bond acceptors (Lipinski definition) is 3. The summed E-state index contributed by atoms with van der Waals surface area (Å²) in [7, 11) is 0. The largest absolute Gasteiger partial charge is 0.478 e. The molecule has 0 atom stereocenters. The molecule has 1 heterocycles. The Morgan fingerprint density at radius 3 is 2.68 bits per heavy atom. The number of carbonyl (C=O) groups is 1. The highest BCUT2D eigenvalue weighted by Crippen LogP contribution is 2.11. The maximum atomic E-state index is 13.0. The van der Waals surface area contributed by atoms with Crippen molar-refractivity contribution in [3.05, 3.63) is 59.1 Å². The zero-order valence-electron chi connectivity index (χ0n) is 9.82. The van der Waals surface area contributed by atoms with Gasteiger partial charge in [-0.05, 0) is 23.8 Å². The van der Waals surface area contributed by atoms with Crippen molar-refractivity contribution in [3.63, 3.8) is 0 Å². The van der Waals surface area contributed by atoms with Crippen molar-refractivity contribution >= 4 is 5.97 Å². The zero-order valence-corrected chi connectivity index (χ0v) is 9.82. The molecule has 1 aromatic carbocycles. The molecular formula is C13H11F2NO3. The molecule has 4 nitrogen and oxygen atoms in total. The molecule has 0 saturated heterocycles. The summed E-state index contributed by atoms with van der Waals surface area (Å²) in [4.78, 5) is 10.8. The van der Waals surface area contributed by atoms with Gasteiger partial charge in [-0.25, -0.2) is 13.6 Å². The van der Waals surface area contributed by atoms with E-state index >= 15 is 0 Å². The van der Waals surface area contributed by atoms with E-state index in [9.17, 15) is 13.6 Å². The normalized spacial score (nSPS) is 10.6. The summed E-state index contributed by atoms with van der Waals surface area (Å²) in [6.45, 7) is 0.463. The van der Waals surface area contributed by atoms with Crippen LogP contribution in [0.25, 0.3) is 0 Å². The van der Waals surface area contributed by atoms with E-state index in [4.69, 9.17) is 9.52 Å². The van der Waals surface area contributed by atoms with Gasteiger partial charge >= 0.3 is 5.97 Å². The molecule has 2 aromatic rings. The first-order valence-electron chi connectivity index (χ1n) is 5.52. The van der Waals surface area contributed by atoms with Crippen LogP contribution in [0.15, 0.2) is 34.9 Å². The van der Waals surface area contributed by atoms with Crippen LogP contribution in [0, 0.1) is 11.6 Å². The lowest BCUT2D eigenvalue weighted by Gasteiger charge is -2.04. The quantitative estimate of drug-likeness (QED) is 0.873. The fourth-order valence-electron chi connectivity index (χ4n) is 1.64. The highest BCUT2D eigenvalue weighted by atomic mass is 19.2. The Hall–Kier alpha value is -2.21. The predicted molar refractivity (Wildman–Crippen MR) is 62.6 cm³/mol. The van der Waals surface area contributed by atoms with Crippen molar-refractivity contribution in [2.24, 2.45) is 0 Å². The number of benzene rings is 1. The Morgan fingerprint density at radius 1 is 1.21 bits per heavy atom. The van der Waals surface area contributed by atoms with E-state index in [1.165, 1.54) is 18.4 Å². The number of rotatable bonds is 5. The number of carboxylic acids is 1. The topological polar surface area (TPSA) is 62.5 Å². The van der Waals surface area contributed by atoms with Crippen molar-refractivity contribution < 1.29 is 23.1 Å². The molecule has 0 radical (unpaired) electrons. The minimum Gasteiger partial charge on any atom is -0.478 e. The third-order valence-corrected chi connectivity index (χ3v) is 2.57. The van der Waals surface area contributed by atoms with E-state index in [0.29, 0.717) is 5.56 Å². The Balaban J connectivity index is 1.94. The second-order valence-electron chi connectivity index (χ2n) is 3.91. The number of furan rings is 1. The molecule has 0 amide bonds. The van der Waals surface area contributed by atoms with Gasteiger partial charge in [-0.2, -0.15) is 0 Å². The Labute approximate surface area is 107 Å². The highest BCUT2D eigenvalue weighted by Gasteiger charge is 2.12. The summed E-state index contributed by atoms with van der Waals surface area (Å²) < 4.78 is 30.7. The van der Waals surface area contributed by atoms with Gasteiger partial charge in [-0.3, -0.25) is 0 Å². The van der Waals surface area contributed by atoms with E-state index in [2.05, 4.69) is 5.32 Å². The van der Waals surface area contributed by atoms with Crippen LogP contribution < -0.4 is 5.32 Å². The summed E-state index contributed by atoms with van der Waals surface area (Å²) in [6.07, 6.45) is 1.29. The zero-order chi connectivity index (χ0) is 13.8. The lowest BCUT2D eigenvalue weighted by atomic mass is 10.2. The molecule has 2 N–H and O–H groups in total. The monoisotopic (exact) mass is 267 g/mol. The number of nitrogens with one attached hydrogen (secondary N) is 1. The Kier molecular flexibility index (Phi) is 3.91. The molecule has 0 aliphatic rings. The van der Waals surface area contributed by atoms with Crippen LogP contribution >= 0.6 is 0 Å². The predicted octanol–water partition coefficient (Wildman–Crippen LogP) is 2.55. The van der Waals surface area contributed by atoms with Crippen LogP contribution in [0.2, 0.25) is 0 Å². The van der Waals surface area contributed by atoms with Crippen LogP contribution in [-0.4, -0.2) is 11.1 Å². The minimum atomic E-state index is -1.07. The van der Waals surface area contributed by atoms with Crippen LogP contribution in [0.1, 0.15) is 21.7 Å². The van der Waals surface area contributed by atoms with Crippen LogP contribution in [0.4, 0.5) is 8.78 Å². The van der Waals surface area contributed by atoms with Crippen molar-refractivity contribution in [2.45, 2.75) is 13.1 Å². The van der Waals surface area contributed by atoms with E-state index in [0.717, 1.165) is 12.1 Å². The van der Waals surface area contributed by atoms with Crippen molar-refractivity contribution in [3.8, 4) is 0 Å². The van der Waals surface area contributed by atoms with E-state index in [1.807, 2.05) is 0 Å². The van der Waals surface area contributed by atoms with Gasteiger partial charge in [0.15, 0.2) is 11.6 Å². The molecule has 100 valence electrons. The molecule has 0 aliphatic carbocycles.